The molecule has 2 atom stereocenters. The van der Waals surface area contributed by atoms with E-state index in [1.54, 1.807) is 24.1 Å². The molecule has 0 saturated carbocycles. The Hall–Kier alpha value is -1.49. The smallest absolute Gasteiger partial charge is 0.237 e. The van der Waals surface area contributed by atoms with Crippen molar-refractivity contribution in [3.63, 3.8) is 0 Å². The van der Waals surface area contributed by atoms with Crippen LogP contribution in [0.2, 0.25) is 0 Å². The number of likely N-dealkylation sites (tertiary alicyclic amines) is 1. The van der Waals surface area contributed by atoms with Crippen molar-refractivity contribution < 1.29 is 13.6 Å². The summed E-state index contributed by atoms with van der Waals surface area (Å²) in [6.07, 6.45) is -0.692. The maximum atomic E-state index is 13.1. The summed E-state index contributed by atoms with van der Waals surface area (Å²) in [5.74, 6) is -0.483. The van der Waals surface area contributed by atoms with Gasteiger partial charge in [-0.3, -0.25) is 9.69 Å². The van der Waals surface area contributed by atoms with Crippen molar-refractivity contribution >= 4 is 5.91 Å². The predicted molar refractivity (Wildman–Crippen MR) is 64.2 cm³/mol. The Bertz CT molecular complexity index is 422. The highest BCUT2D eigenvalue weighted by Crippen LogP contribution is 2.18. The average Bonchev–Trinajstić information content (AvgIpc) is 2.67. The zero-order chi connectivity index (χ0) is 13.1. The largest absolute Gasteiger partial charge is 0.351 e. The van der Waals surface area contributed by atoms with Gasteiger partial charge in [-0.2, -0.15) is 0 Å². The lowest BCUT2D eigenvalue weighted by Gasteiger charge is -2.18. The van der Waals surface area contributed by atoms with Crippen molar-refractivity contribution in [1.82, 2.24) is 10.2 Å². The summed E-state index contributed by atoms with van der Waals surface area (Å²) >= 11 is 0. The number of carbonyl (C=O) groups excluding carboxylic acids is 1. The van der Waals surface area contributed by atoms with E-state index in [-0.39, 0.29) is 18.1 Å². The van der Waals surface area contributed by atoms with Crippen molar-refractivity contribution in [3.8, 4) is 0 Å². The van der Waals surface area contributed by atoms with Gasteiger partial charge in [0.05, 0.1) is 6.04 Å². The van der Waals surface area contributed by atoms with E-state index in [4.69, 9.17) is 0 Å². The van der Waals surface area contributed by atoms with Gasteiger partial charge in [-0.1, -0.05) is 12.1 Å². The van der Waals surface area contributed by atoms with Crippen LogP contribution in [0.1, 0.15) is 12.0 Å². The number of halogens is 2. The van der Waals surface area contributed by atoms with Crippen molar-refractivity contribution in [3.05, 3.63) is 35.6 Å². The number of hydrogen-bond donors (Lipinski definition) is 1. The van der Waals surface area contributed by atoms with E-state index in [2.05, 4.69) is 5.32 Å². The van der Waals surface area contributed by atoms with Gasteiger partial charge in [-0.25, -0.2) is 8.78 Å². The summed E-state index contributed by atoms with van der Waals surface area (Å²) in [6, 6.07) is 5.53. The maximum Gasteiger partial charge on any atom is 0.237 e. The first-order valence-electron chi connectivity index (χ1n) is 5.92. The summed E-state index contributed by atoms with van der Waals surface area (Å²) in [5.41, 5.74) is 0.821. The number of likely N-dealkylation sites (N-methyl/N-ethyl adjacent to an activating group) is 1. The van der Waals surface area contributed by atoms with Crippen LogP contribution in [-0.4, -0.2) is 36.6 Å². The Labute approximate surface area is 105 Å². The molecule has 1 aromatic carbocycles. The second-order valence-corrected chi connectivity index (χ2v) is 4.63. The summed E-state index contributed by atoms with van der Waals surface area (Å²) in [7, 11) is 1.74. The number of hydrogen-bond acceptors (Lipinski definition) is 2. The molecular weight excluding hydrogens is 238 g/mol. The fraction of sp³-hybridized carbons (Fsp3) is 0.462. The molecule has 1 fully saturated rings. The van der Waals surface area contributed by atoms with E-state index in [9.17, 15) is 13.6 Å². The van der Waals surface area contributed by atoms with Gasteiger partial charge in [0.1, 0.15) is 12.0 Å². The van der Waals surface area contributed by atoms with Gasteiger partial charge in [0.2, 0.25) is 5.91 Å². The summed E-state index contributed by atoms with van der Waals surface area (Å²) in [5, 5.41) is 2.74. The first-order valence-corrected chi connectivity index (χ1v) is 5.92. The molecule has 0 radical (unpaired) electrons. The summed E-state index contributed by atoms with van der Waals surface area (Å²) in [4.78, 5) is 13.6. The molecule has 0 spiro atoms. The monoisotopic (exact) mass is 254 g/mol. The molecule has 1 N–H and O–H groups in total. The molecule has 0 aromatic heterocycles. The van der Waals surface area contributed by atoms with Crippen molar-refractivity contribution in [2.75, 3.05) is 13.6 Å². The number of nitrogens with zero attached hydrogens (tertiary/aromatic N) is 1. The highest BCUT2D eigenvalue weighted by molar-refractivity contribution is 5.82. The third kappa shape index (κ3) is 3.04. The molecule has 18 heavy (non-hydrogen) atoms. The lowest BCUT2D eigenvalue weighted by molar-refractivity contribution is -0.125. The van der Waals surface area contributed by atoms with E-state index in [1.807, 2.05) is 0 Å². The van der Waals surface area contributed by atoms with Gasteiger partial charge in [0.25, 0.3) is 0 Å². The fourth-order valence-electron chi connectivity index (χ4n) is 2.15. The molecule has 0 aliphatic carbocycles. The molecular formula is C13H16F2N2O. The molecule has 1 amide bonds. The summed E-state index contributed by atoms with van der Waals surface area (Å²) < 4.78 is 25.8. The van der Waals surface area contributed by atoms with Crippen LogP contribution in [0.3, 0.4) is 0 Å². The van der Waals surface area contributed by atoms with Crippen LogP contribution in [0.5, 0.6) is 0 Å². The minimum Gasteiger partial charge on any atom is -0.351 e. The van der Waals surface area contributed by atoms with E-state index in [0.717, 1.165) is 5.56 Å². The van der Waals surface area contributed by atoms with Gasteiger partial charge in [0.15, 0.2) is 0 Å². The van der Waals surface area contributed by atoms with Crippen LogP contribution in [0.4, 0.5) is 8.78 Å². The molecule has 1 aliphatic heterocycles. The normalized spacial score (nSPS) is 24.2. The van der Waals surface area contributed by atoms with Crippen LogP contribution < -0.4 is 5.32 Å². The van der Waals surface area contributed by atoms with Gasteiger partial charge in [0, 0.05) is 19.5 Å². The first-order chi connectivity index (χ1) is 8.56. The second kappa shape index (κ2) is 5.44. The van der Waals surface area contributed by atoms with Gasteiger partial charge < -0.3 is 5.32 Å². The molecule has 5 heteroatoms. The highest BCUT2D eigenvalue weighted by Gasteiger charge is 2.34. The third-order valence-corrected chi connectivity index (χ3v) is 3.18. The summed E-state index contributed by atoms with van der Waals surface area (Å²) in [6.45, 7) is 0.634. The zero-order valence-corrected chi connectivity index (χ0v) is 10.2. The van der Waals surface area contributed by atoms with E-state index in [1.165, 1.54) is 12.1 Å². The Morgan fingerprint density at radius 1 is 1.44 bits per heavy atom. The number of alkyl halides is 1. The molecule has 2 rings (SSSR count). The average molecular weight is 254 g/mol. The molecule has 1 saturated heterocycles. The number of amides is 1. The van der Waals surface area contributed by atoms with Crippen molar-refractivity contribution in [2.45, 2.75) is 25.2 Å². The maximum absolute atomic E-state index is 13.1. The predicted octanol–water partition coefficient (Wildman–Crippen LogP) is 1.48. The standard InChI is InChI=1S/C13H16F2N2O/c1-17-8-11(15)6-12(17)13(18)16-7-9-2-4-10(14)5-3-9/h2-5,11-12H,6-8H2,1H3,(H,16,18). The molecule has 1 aliphatic rings. The molecule has 98 valence electrons. The molecule has 1 heterocycles. The van der Waals surface area contributed by atoms with Crippen molar-refractivity contribution in [2.24, 2.45) is 0 Å². The third-order valence-electron chi connectivity index (χ3n) is 3.18. The number of rotatable bonds is 3. The Morgan fingerprint density at radius 2 is 2.11 bits per heavy atom. The van der Waals surface area contributed by atoms with Crippen LogP contribution in [0.25, 0.3) is 0 Å². The molecule has 1 aromatic rings. The van der Waals surface area contributed by atoms with E-state index in [0.29, 0.717) is 13.1 Å². The minimum absolute atomic E-state index is 0.179. The van der Waals surface area contributed by atoms with Gasteiger partial charge in [-0.15, -0.1) is 0 Å². The van der Waals surface area contributed by atoms with Crippen LogP contribution >= 0.6 is 0 Å². The van der Waals surface area contributed by atoms with Gasteiger partial charge in [-0.05, 0) is 24.7 Å². The SMILES string of the molecule is CN1CC(F)CC1C(=O)NCc1ccc(F)cc1. The van der Waals surface area contributed by atoms with Crippen LogP contribution in [0, 0.1) is 5.82 Å². The van der Waals surface area contributed by atoms with Gasteiger partial charge >= 0.3 is 0 Å². The Balaban J connectivity index is 1.86. The molecule has 2 unspecified atom stereocenters. The minimum atomic E-state index is -0.934. The lowest BCUT2D eigenvalue weighted by Crippen LogP contribution is -2.41. The Kier molecular flexibility index (Phi) is 3.91. The lowest BCUT2D eigenvalue weighted by atomic mass is 10.2. The number of carbonyl (C=O) groups is 1. The fourth-order valence-corrected chi connectivity index (χ4v) is 2.15. The Morgan fingerprint density at radius 3 is 2.67 bits per heavy atom. The van der Waals surface area contributed by atoms with Crippen molar-refractivity contribution in [1.29, 1.82) is 0 Å². The molecule has 0 bridgehead atoms. The quantitative estimate of drug-likeness (QED) is 0.886. The zero-order valence-electron chi connectivity index (χ0n) is 10.2. The van der Waals surface area contributed by atoms with E-state index >= 15 is 0 Å². The van der Waals surface area contributed by atoms with Crippen LogP contribution in [-0.2, 0) is 11.3 Å². The highest BCUT2D eigenvalue weighted by atomic mass is 19.1. The number of nitrogens with one attached hydrogen (secondary N) is 1. The van der Waals surface area contributed by atoms with Crippen LogP contribution in [0.15, 0.2) is 24.3 Å². The topological polar surface area (TPSA) is 32.3 Å². The first kappa shape index (κ1) is 13.0. The number of benzene rings is 1. The molecule has 3 nitrogen and oxygen atoms in total. The van der Waals surface area contributed by atoms with E-state index < -0.39 is 12.2 Å². The second-order valence-electron chi connectivity index (χ2n) is 4.63.